The van der Waals surface area contributed by atoms with Crippen LogP contribution in [-0.2, 0) is 6.42 Å². The van der Waals surface area contributed by atoms with Crippen LogP contribution in [0.15, 0.2) is 24.3 Å². The summed E-state index contributed by atoms with van der Waals surface area (Å²) in [6, 6.07) is 8.78. The molecule has 1 aliphatic carbocycles. The van der Waals surface area contributed by atoms with Crippen molar-refractivity contribution < 1.29 is 0 Å². The molecule has 0 aromatic heterocycles. The normalized spacial score (nSPS) is 19.4. The molecule has 0 spiro atoms. The molecule has 1 saturated carbocycles. The minimum Gasteiger partial charge on any atom is -0.316 e. The zero-order valence-electron chi connectivity index (χ0n) is 10.0. The lowest BCUT2D eigenvalue weighted by Crippen LogP contribution is -2.35. The summed E-state index contributed by atoms with van der Waals surface area (Å²) in [5, 5.41) is 4.29. The van der Waals surface area contributed by atoms with Crippen molar-refractivity contribution in [1.29, 1.82) is 0 Å². The number of benzene rings is 1. The molecule has 0 aliphatic heterocycles. The first-order valence-corrected chi connectivity index (χ1v) is 6.50. The highest BCUT2D eigenvalue weighted by Crippen LogP contribution is 2.38. The van der Waals surface area contributed by atoms with Gasteiger partial charge in [0.15, 0.2) is 0 Å². The van der Waals surface area contributed by atoms with E-state index in [1.54, 1.807) is 0 Å². The lowest BCUT2D eigenvalue weighted by Gasteiger charge is -2.23. The maximum atomic E-state index is 6.01. The fourth-order valence-corrected chi connectivity index (χ4v) is 2.63. The largest absolute Gasteiger partial charge is 0.316 e. The quantitative estimate of drug-likeness (QED) is 0.827. The van der Waals surface area contributed by atoms with E-state index in [-0.39, 0.29) is 0 Å². The van der Waals surface area contributed by atoms with Crippen molar-refractivity contribution in [2.24, 2.45) is 11.8 Å². The van der Waals surface area contributed by atoms with Crippen LogP contribution in [0.1, 0.15) is 25.3 Å². The molecule has 1 aromatic carbocycles. The third-order valence-corrected chi connectivity index (χ3v) is 3.95. The van der Waals surface area contributed by atoms with Crippen LogP contribution in [-0.4, -0.2) is 13.1 Å². The highest BCUT2D eigenvalue weighted by molar-refractivity contribution is 6.30. The molecule has 0 saturated heterocycles. The molecular weight excluding hydrogens is 218 g/mol. The summed E-state index contributed by atoms with van der Waals surface area (Å²) in [4.78, 5) is 0. The SMILES string of the molecule is CNC(Cc1cccc(Cl)c1)C(C)C1CC1. The Morgan fingerprint density at radius 2 is 2.19 bits per heavy atom. The van der Waals surface area contributed by atoms with Gasteiger partial charge in [-0.15, -0.1) is 0 Å². The summed E-state index contributed by atoms with van der Waals surface area (Å²) in [7, 11) is 2.06. The summed E-state index contributed by atoms with van der Waals surface area (Å²) in [5.41, 5.74) is 1.33. The van der Waals surface area contributed by atoms with E-state index in [1.807, 2.05) is 12.1 Å². The molecule has 1 nitrogen and oxygen atoms in total. The van der Waals surface area contributed by atoms with Crippen LogP contribution in [0, 0.1) is 11.8 Å². The van der Waals surface area contributed by atoms with Gasteiger partial charge in [-0.1, -0.05) is 30.7 Å². The van der Waals surface area contributed by atoms with Gasteiger partial charge in [0.2, 0.25) is 0 Å². The summed E-state index contributed by atoms with van der Waals surface area (Å²) in [5.74, 6) is 1.71. The zero-order valence-corrected chi connectivity index (χ0v) is 10.8. The third-order valence-electron chi connectivity index (χ3n) is 3.72. The van der Waals surface area contributed by atoms with E-state index in [2.05, 4.69) is 31.4 Å². The van der Waals surface area contributed by atoms with Crippen molar-refractivity contribution in [3.05, 3.63) is 34.9 Å². The van der Waals surface area contributed by atoms with Crippen molar-refractivity contribution in [3.63, 3.8) is 0 Å². The predicted octanol–water partition coefficient (Wildman–Crippen LogP) is 3.52. The molecule has 1 fully saturated rings. The third kappa shape index (κ3) is 2.99. The van der Waals surface area contributed by atoms with Crippen molar-refractivity contribution in [3.8, 4) is 0 Å². The Kier molecular flexibility index (Phi) is 3.88. The van der Waals surface area contributed by atoms with Gasteiger partial charge in [-0.2, -0.15) is 0 Å². The molecule has 1 aliphatic rings. The van der Waals surface area contributed by atoms with Crippen molar-refractivity contribution >= 4 is 11.6 Å². The van der Waals surface area contributed by atoms with Gasteiger partial charge >= 0.3 is 0 Å². The molecule has 2 heteroatoms. The van der Waals surface area contributed by atoms with Gasteiger partial charge in [0, 0.05) is 11.1 Å². The summed E-state index contributed by atoms with van der Waals surface area (Å²) < 4.78 is 0. The topological polar surface area (TPSA) is 12.0 Å². The first-order valence-electron chi connectivity index (χ1n) is 6.12. The molecule has 0 radical (unpaired) electrons. The molecular formula is C14H20ClN. The minimum absolute atomic E-state index is 0.575. The van der Waals surface area contributed by atoms with Gasteiger partial charge < -0.3 is 5.32 Å². The monoisotopic (exact) mass is 237 g/mol. The highest BCUT2D eigenvalue weighted by Gasteiger charge is 2.32. The van der Waals surface area contributed by atoms with Gasteiger partial charge in [0.1, 0.15) is 0 Å². The fraction of sp³-hybridized carbons (Fsp3) is 0.571. The molecule has 1 aromatic rings. The molecule has 88 valence electrons. The molecule has 0 heterocycles. The number of nitrogens with one attached hydrogen (secondary N) is 1. The lowest BCUT2D eigenvalue weighted by atomic mass is 9.91. The second kappa shape index (κ2) is 5.20. The van der Waals surface area contributed by atoms with E-state index in [0.717, 1.165) is 23.3 Å². The van der Waals surface area contributed by atoms with Crippen LogP contribution in [0.3, 0.4) is 0 Å². The molecule has 1 N–H and O–H groups in total. The number of hydrogen-bond acceptors (Lipinski definition) is 1. The van der Waals surface area contributed by atoms with E-state index in [4.69, 9.17) is 11.6 Å². The standard InChI is InChI=1S/C14H20ClN/c1-10(12-6-7-12)14(16-2)9-11-4-3-5-13(15)8-11/h3-5,8,10,12,14,16H,6-7,9H2,1-2H3. The summed E-state index contributed by atoms with van der Waals surface area (Å²) in [6.07, 6.45) is 3.90. The van der Waals surface area contributed by atoms with E-state index in [0.29, 0.717) is 6.04 Å². The van der Waals surface area contributed by atoms with Crippen LogP contribution < -0.4 is 5.32 Å². The van der Waals surface area contributed by atoms with Gasteiger partial charge in [-0.25, -0.2) is 0 Å². The minimum atomic E-state index is 0.575. The Hall–Kier alpha value is -0.530. The van der Waals surface area contributed by atoms with Crippen LogP contribution in [0.5, 0.6) is 0 Å². The Labute approximate surface area is 103 Å². The Bertz CT molecular complexity index is 346. The van der Waals surface area contributed by atoms with Gasteiger partial charge in [-0.3, -0.25) is 0 Å². The van der Waals surface area contributed by atoms with Crippen LogP contribution >= 0.6 is 11.6 Å². The van der Waals surface area contributed by atoms with Gasteiger partial charge in [-0.05, 0) is 55.8 Å². The average molecular weight is 238 g/mol. The predicted molar refractivity (Wildman–Crippen MR) is 69.9 cm³/mol. The maximum Gasteiger partial charge on any atom is 0.0408 e. The van der Waals surface area contributed by atoms with E-state index in [9.17, 15) is 0 Å². The molecule has 0 bridgehead atoms. The Morgan fingerprint density at radius 1 is 1.44 bits per heavy atom. The maximum absolute atomic E-state index is 6.01. The van der Waals surface area contributed by atoms with Crippen molar-refractivity contribution in [2.45, 2.75) is 32.2 Å². The zero-order chi connectivity index (χ0) is 11.5. The van der Waals surface area contributed by atoms with E-state index >= 15 is 0 Å². The molecule has 2 rings (SSSR count). The number of likely N-dealkylation sites (N-methyl/N-ethyl adjacent to an activating group) is 1. The van der Waals surface area contributed by atoms with Crippen LogP contribution in [0.2, 0.25) is 5.02 Å². The summed E-state index contributed by atoms with van der Waals surface area (Å²) in [6.45, 7) is 2.36. The Morgan fingerprint density at radius 3 is 2.75 bits per heavy atom. The van der Waals surface area contributed by atoms with Crippen LogP contribution in [0.25, 0.3) is 0 Å². The second-order valence-corrected chi connectivity index (χ2v) is 5.36. The first kappa shape index (κ1) is 11.9. The molecule has 2 unspecified atom stereocenters. The average Bonchev–Trinajstić information content (AvgIpc) is 3.09. The summed E-state index contributed by atoms with van der Waals surface area (Å²) >= 11 is 6.01. The molecule has 2 atom stereocenters. The lowest BCUT2D eigenvalue weighted by molar-refractivity contribution is 0.358. The second-order valence-electron chi connectivity index (χ2n) is 4.93. The fourth-order valence-electron chi connectivity index (χ4n) is 2.42. The van der Waals surface area contributed by atoms with Crippen molar-refractivity contribution in [2.75, 3.05) is 7.05 Å². The highest BCUT2D eigenvalue weighted by atomic mass is 35.5. The van der Waals surface area contributed by atoms with Crippen LogP contribution in [0.4, 0.5) is 0 Å². The number of halogens is 1. The Balaban J connectivity index is 2.00. The first-order chi connectivity index (χ1) is 7.70. The van der Waals surface area contributed by atoms with Crippen molar-refractivity contribution in [1.82, 2.24) is 5.32 Å². The molecule has 16 heavy (non-hydrogen) atoms. The number of rotatable bonds is 5. The smallest absolute Gasteiger partial charge is 0.0408 e. The number of hydrogen-bond donors (Lipinski definition) is 1. The van der Waals surface area contributed by atoms with Gasteiger partial charge in [0.25, 0.3) is 0 Å². The van der Waals surface area contributed by atoms with Gasteiger partial charge in [0.05, 0.1) is 0 Å². The van der Waals surface area contributed by atoms with E-state index < -0.39 is 0 Å². The molecule has 0 amide bonds. The van der Waals surface area contributed by atoms with E-state index in [1.165, 1.54) is 18.4 Å².